The molecule has 3 rings (SSSR count). The molecule has 0 saturated heterocycles. The minimum absolute atomic E-state index is 0.00594. The van der Waals surface area contributed by atoms with Crippen LogP contribution >= 0.6 is 0 Å². The van der Waals surface area contributed by atoms with Gasteiger partial charge in [0.25, 0.3) is 5.91 Å². The minimum Gasteiger partial charge on any atom is -0.481 e. The number of aliphatic carboxylic acids is 1. The predicted octanol–water partition coefficient (Wildman–Crippen LogP) is 0.960. The number of aromatic nitrogens is 3. The predicted molar refractivity (Wildman–Crippen MR) is 73.8 cm³/mol. The van der Waals surface area contributed by atoms with Crippen LogP contribution in [-0.2, 0) is 4.79 Å². The van der Waals surface area contributed by atoms with Crippen molar-refractivity contribution in [3.63, 3.8) is 0 Å². The Kier molecular flexibility index (Phi) is 3.55. The molecule has 1 aliphatic rings. The lowest BCUT2D eigenvalue weighted by Crippen LogP contribution is -2.33. The SMILES string of the molecule is O=C(NCC1CCCC1C(=O)O)c1cnn2ccncc12. The van der Waals surface area contributed by atoms with Crippen molar-refractivity contribution in [1.82, 2.24) is 19.9 Å². The van der Waals surface area contributed by atoms with Crippen LogP contribution in [-0.4, -0.2) is 38.1 Å². The highest BCUT2D eigenvalue weighted by atomic mass is 16.4. The van der Waals surface area contributed by atoms with Gasteiger partial charge in [0.05, 0.1) is 29.4 Å². The molecular weight excluding hydrogens is 272 g/mol. The molecule has 2 unspecified atom stereocenters. The van der Waals surface area contributed by atoms with Gasteiger partial charge in [-0.3, -0.25) is 14.6 Å². The molecule has 7 nitrogen and oxygen atoms in total. The smallest absolute Gasteiger partial charge is 0.306 e. The van der Waals surface area contributed by atoms with Crippen molar-refractivity contribution in [3.8, 4) is 0 Å². The molecule has 21 heavy (non-hydrogen) atoms. The second kappa shape index (κ2) is 5.51. The van der Waals surface area contributed by atoms with Crippen LogP contribution in [0.5, 0.6) is 0 Å². The standard InChI is InChI=1S/C14H16N4O3/c19-13(11-7-17-18-5-4-15-8-12(11)18)16-6-9-2-1-3-10(9)14(20)21/h4-5,7-10H,1-3,6H2,(H,16,19)(H,20,21). The van der Waals surface area contributed by atoms with E-state index in [-0.39, 0.29) is 17.7 Å². The quantitative estimate of drug-likeness (QED) is 0.873. The van der Waals surface area contributed by atoms with Crippen LogP contribution < -0.4 is 5.32 Å². The van der Waals surface area contributed by atoms with E-state index >= 15 is 0 Å². The molecule has 2 atom stereocenters. The Morgan fingerprint density at radius 1 is 1.38 bits per heavy atom. The van der Waals surface area contributed by atoms with E-state index in [0.717, 1.165) is 12.8 Å². The van der Waals surface area contributed by atoms with E-state index in [1.165, 1.54) is 6.20 Å². The Morgan fingerprint density at radius 2 is 2.24 bits per heavy atom. The Bertz CT molecular complexity index is 682. The molecule has 2 heterocycles. The molecule has 0 bridgehead atoms. The second-order valence-electron chi connectivity index (χ2n) is 5.31. The van der Waals surface area contributed by atoms with E-state index in [9.17, 15) is 9.59 Å². The van der Waals surface area contributed by atoms with Crippen molar-refractivity contribution in [2.24, 2.45) is 11.8 Å². The van der Waals surface area contributed by atoms with Gasteiger partial charge in [0.15, 0.2) is 0 Å². The fraction of sp³-hybridized carbons (Fsp3) is 0.429. The summed E-state index contributed by atoms with van der Waals surface area (Å²) in [6.07, 6.45) is 8.77. The summed E-state index contributed by atoms with van der Waals surface area (Å²) in [5.74, 6) is -1.36. The molecule has 1 fully saturated rings. The zero-order chi connectivity index (χ0) is 14.8. The van der Waals surface area contributed by atoms with E-state index in [4.69, 9.17) is 5.11 Å². The molecule has 2 N–H and O–H groups in total. The summed E-state index contributed by atoms with van der Waals surface area (Å²) in [5, 5.41) is 16.0. The molecule has 7 heteroatoms. The fourth-order valence-electron chi connectivity index (χ4n) is 2.93. The summed E-state index contributed by atoms with van der Waals surface area (Å²) in [6, 6.07) is 0. The van der Waals surface area contributed by atoms with Crippen LogP contribution in [0.1, 0.15) is 29.6 Å². The molecular formula is C14H16N4O3. The molecule has 2 aromatic heterocycles. The van der Waals surface area contributed by atoms with Gasteiger partial charge in [-0.2, -0.15) is 5.10 Å². The summed E-state index contributed by atoms with van der Waals surface area (Å²) in [6.45, 7) is 0.382. The van der Waals surface area contributed by atoms with Gasteiger partial charge in [0.2, 0.25) is 0 Å². The number of fused-ring (bicyclic) bond motifs is 1. The third-order valence-electron chi connectivity index (χ3n) is 4.07. The van der Waals surface area contributed by atoms with Gasteiger partial charge in [-0.05, 0) is 18.8 Å². The zero-order valence-corrected chi connectivity index (χ0v) is 11.4. The highest BCUT2D eigenvalue weighted by molar-refractivity contribution is 6.00. The molecule has 0 aromatic carbocycles. The minimum atomic E-state index is -0.771. The maximum Gasteiger partial charge on any atom is 0.306 e. The van der Waals surface area contributed by atoms with E-state index in [0.29, 0.717) is 24.0 Å². The number of carbonyl (C=O) groups excluding carboxylic acids is 1. The number of carboxylic acids is 1. The maximum absolute atomic E-state index is 12.2. The molecule has 0 radical (unpaired) electrons. The summed E-state index contributed by atoms with van der Waals surface area (Å²) >= 11 is 0. The van der Waals surface area contributed by atoms with Gasteiger partial charge in [-0.1, -0.05) is 6.42 Å². The monoisotopic (exact) mass is 288 g/mol. The Balaban J connectivity index is 1.68. The topological polar surface area (TPSA) is 96.6 Å². The maximum atomic E-state index is 12.2. The lowest BCUT2D eigenvalue weighted by Gasteiger charge is -2.16. The number of hydrogen-bond acceptors (Lipinski definition) is 4. The molecule has 1 amide bonds. The third-order valence-corrected chi connectivity index (χ3v) is 4.07. The van der Waals surface area contributed by atoms with Crippen molar-refractivity contribution >= 4 is 17.4 Å². The number of carbonyl (C=O) groups is 2. The van der Waals surface area contributed by atoms with Crippen molar-refractivity contribution < 1.29 is 14.7 Å². The normalized spacial score (nSPS) is 21.5. The van der Waals surface area contributed by atoms with Crippen LogP contribution in [0.25, 0.3) is 5.52 Å². The highest BCUT2D eigenvalue weighted by Crippen LogP contribution is 2.31. The Hall–Kier alpha value is -2.44. The van der Waals surface area contributed by atoms with Gasteiger partial charge in [-0.15, -0.1) is 0 Å². The van der Waals surface area contributed by atoms with Gasteiger partial charge in [0.1, 0.15) is 0 Å². The summed E-state index contributed by atoms with van der Waals surface area (Å²) in [4.78, 5) is 27.3. The van der Waals surface area contributed by atoms with Crippen molar-refractivity contribution in [2.45, 2.75) is 19.3 Å². The summed E-state index contributed by atoms with van der Waals surface area (Å²) in [7, 11) is 0. The van der Waals surface area contributed by atoms with Crippen molar-refractivity contribution in [1.29, 1.82) is 0 Å². The van der Waals surface area contributed by atoms with E-state index < -0.39 is 5.97 Å². The second-order valence-corrected chi connectivity index (χ2v) is 5.31. The number of carboxylic acid groups (broad SMARTS) is 1. The summed E-state index contributed by atoms with van der Waals surface area (Å²) in [5.41, 5.74) is 1.09. The first kappa shape index (κ1) is 13.5. The van der Waals surface area contributed by atoms with Gasteiger partial charge in [0, 0.05) is 18.9 Å². The van der Waals surface area contributed by atoms with E-state index in [1.54, 1.807) is 23.1 Å². The van der Waals surface area contributed by atoms with Crippen LogP contribution in [0, 0.1) is 11.8 Å². The highest BCUT2D eigenvalue weighted by Gasteiger charge is 2.33. The van der Waals surface area contributed by atoms with Crippen LogP contribution in [0.15, 0.2) is 24.8 Å². The first-order chi connectivity index (χ1) is 10.2. The lowest BCUT2D eigenvalue weighted by molar-refractivity contribution is -0.142. The largest absolute Gasteiger partial charge is 0.481 e. The van der Waals surface area contributed by atoms with Crippen LogP contribution in [0.2, 0.25) is 0 Å². The molecule has 2 aromatic rings. The van der Waals surface area contributed by atoms with Gasteiger partial charge < -0.3 is 10.4 Å². The first-order valence-electron chi connectivity index (χ1n) is 6.95. The Labute approximate surface area is 121 Å². The number of nitrogens with one attached hydrogen (secondary N) is 1. The number of nitrogens with zero attached hydrogens (tertiary/aromatic N) is 3. The number of hydrogen-bond donors (Lipinski definition) is 2. The average molecular weight is 288 g/mol. The molecule has 0 aliphatic heterocycles. The van der Waals surface area contributed by atoms with E-state index in [1.807, 2.05) is 0 Å². The number of amides is 1. The molecule has 110 valence electrons. The van der Waals surface area contributed by atoms with E-state index in [2.05, 4.69) is 15.4 Å². The van der Waals surface area contributed by atoms with Crippen molar-refractivity contribution in [3.05, 3.63) is 30.4 Å². The van der Waals surface area contributed by atoms with Gasteiger partial charge in [-0.25, -0.2) is 4.52 Å². The van der Waals surface area contributed by atoms with Crippen molar-refractivity contribution in [2.75, 3.05) is 6.54 Å². The molecule has 1 aliphatic carbocycles. The summed E-state index contributed by atoms with van der Waals surface area (Å²) < 4.78 is 1.58. The Morgan fingerprint density at radius 3 is 3.05 bits per heavy atom. The third kappa shape index (κ3) is 2.58. The van der Waals surface area contributed by atoms with Crippen LogP contribution in [0.3, 0.4) is 0 Å². The lowest BCUT2D eigenvalue weighted by atomic mass is 9.96. The average Bonchev–Trinajstić information content (AvgIpc) is 3.11. The fourth-order valence-corrected chi connectivity index (χ4v) is 2.93. The number of rotatable bonds is 4. The molecule has 0 spiro atoms. The molecule has 1 saturated carbocycles. The first-order valence-corrected chi connectivity index (χ1v) is 6.95. The zero-order valence-electron chi connectivity index (χ0n) is 11.4. The van der Waals surface area contributed by atoms with Gasteiger partial charge >= 0.3 is 5.97 Å². The van der Waals surface area contributed by atoms with Crippen LogP contribution in [0.4, 0.5) is 0 Å².